The quantitative estimate of drug-likeness (QED) is 0.557. The minimum Gasteiger partial charge on any atom is -0.497 e. The molecule has 1 aliphatic heterocycles. The van der Waals surface area contributed by atoms with Gasteiger partial charge in [0.1, 0.15) is 5.75 Å². The Morgan fingerprint density at radius 1 is 0.828 bits per heavy atom. The van der Waals surface area contributed by atoms with Gasteiger partial charge in [0, 0.05) is 11.4 Å². The van der Waals surface area contributed by atoms with Gasteiger partial charge in [0.25, 0.3) is 0 Å². The minimum absolute atomic E-state index is 0.129. The normalized spacial score (nSPS) is 13.4. The summed E-state index contributed by atoms with van der Waals surface area (Å²) in [5.74, 6) is 3.16. The molecule has 0 spiro atoms. The molecule has 0 aliphatic carbocycles. The number of methoxy groups -OCH3 is 1. The minimum atomic E-state index is 0.129. The molecule has 3 aromatic rings. The van der Waals surface area contributed by atoms with Crippen LogP contribution in [0.5, 0.6) is 5.75 Å². The van der Waals surface area contributed by atoms with Crippen LogP contribution < -0.4 is 15.0 Å². The fraction of sp³-hybridized carbons (Fsp3) is 0.154. The molecule has 0 fully saturated rings. The molecule has 0 atom stereocenters. The van der Waals surface area contributed by atoms with E-state index in [9.17, 15) is 0 Å². The summed E-state index contributed by atoms with van der Waals surface area (Å²) >= 11 is 0. The molecule has 0 bridgehead atoms. The van der Waals surface area contributed by atoms with Crippen LogP contribution in [0.1, 0.15) is 22.3 Å². The molecular formula is C26H26BNO. The van der Waals surface area contributed by atoms with E-state index in [4.69, 9.17) is 4.74 Å². The third-order valence-electron chi connectivity index (χ3n) is 5.54. The van der Waals surface area contributed by atoms with E-state index in [1.54, 1.807) is 7.11 Å². The van der Waals surface area contributed by atoms with Crippen LogP contribution in [0.2, 0.25) is 0 Å². The summed E-state index contributed by atoms with van der Waals surface area (Å²) in [7, 11) is 1.70. The molecule has 0 N–H and O–H groups in total. The first kappa shape index (κ1) is 19.1. The van der Waals surface area contributed by atoms with Crippen molar-refractivity contribution in [3.63, 3.8) is 0 Å². The Hall–Kier alpha value is -3.20. The molecule has 3 aromatic carbocycles. The number of hydrogen-bond acceptors (Lipinski definition) is 2. The van der Waals surface area contributed by atoms with E-state index in [0.717, 1.165) is 11.4 Å². The lowest BCUT2D eigenvalue weighted by Gasteiger charge is -2.36. The molecule has 3 heteroatoms. The zero-order chi connectivity index (χ0) is 20.4. The fourth-order valence-electron chi connectivity index (χ4n) is 4.34. The Morgan fingerprint density at radius 3 is 2.10 bits per heavy atom. The maximum atomic E-state index is 5.38. The summed E-state index contributed by atoms with van der Waals surface area (Å²) in [6.07, 6.45) is 4.39. The molecule has 4 rings (SSSR count). The van der Waals surface area contributed by atoms with Crippen molar-refractivity contribution in [2.45, 2.75) is 20.8 Å². The summed E-state index contributed by atoms with van der Waals surface area (Å²) in [6.45, 7) is 6.73. The lowest BCUT2D eigenvalue weighted by molar-refractivity contribution is 0.415. The van der Waals surface area contributed by atoms with Gasteiger partial charge in [0.15, 0.2) is 0 Å². The van der Waals surface area contributed by atoms with Crippen molar-refractivity contribution in [1.82, 2.24) is 0 Å². The average molecular weight is 379 g/mol. The second kappa shape index (κ2) is 8.04. The van der Waals surface area contributed by atoms with Gasteiger partial charge in [-0.2, -0.15) is 0 Å². The highest BCUT2D eigenvalue weighted by molar-refractivity contribution is 6.83. The molecule has 0 saturated carbocycles. The van der Waals surface area contributed by atoms with Crippen LogP contribution >= 0.6 is 0 Å². The smallest absolute Gasteiger partial charge is 0.321 e. The first-order valence-corrected chi connectivity index (χ1v) is 10.0. The SMILES string of the molecule is COc1ccc(N2B(c3c(C)cc(C)cc3C)C=CC=C2c2ccccc2)cc1. The predicted molar refractivity (Wildman–Crippen MR) is 125 cm³/mol. The van der Waals surface area contributed by atoms with Gasteiger partial charge in [-0.15, -0.1) is 0 Å². The molecule has 0 radical (unpaired) electrons. The zero-order valence-electron chi connectivity index (χ0n) is 17.5. The van der Waals surface area contributed by atoms with Gasteiger partial charge in [0.2, 0.25) is 0 Å². The third-order valence-corrected chi connectivity index (χ3v) is 5.54. The van der Waals surface area contributed by atoms with E-state index >= 15 is 0 Å². The molecule has 0 amide bonds. The number of hydrogen-bond donors (Lipinski definition) is 0. The summed E-state index contributed by atoms with van der Waals surface area (Å²) in [4.78, 5) is 2.43. The van der Waals surface area contributed by atoms with E-state index in [1.165, 1.54) is 33.4 Å². The van der Waals surface area contributed by atoms with Crippen LogP contribution in [0.25, 0.3) is 5.70 Å². The van der Waals surface area contributed by atoms with Gasteiger partial charge in [-0.1, -0.05) is 71.2 Å². The second-order valence-electron chi connectivity index (χ2n) is 7.63. The van der Waals surface area contributed by atoms with Crippen molar-refractivity contribution in [3.8, 4) is 5.75 Å². The molecule has 144 valence electrons. The van der Waals surface area contributed by atoms with Crippen LogP contribution in [0, 0.1) is 20.8 Å². The van der Waals surface area contributed by atoms with E-state index in [1.807, 2.05) is 12.1 Å². The Bertz CT molecular complexity index is 1040. The van der Waals surface area contributed by atoms with Crippen molar-refractivity contribution >= 4 is 23.7 Å². The monoisotopic (exact) mass is 379 g/mol. The van der Waals surface area contributed by atoms with E-state index in [0.29, 0.717) is 0 Å². The van der Waals surface area contributed by atoms with Crippen molar-refractivity contribution in [2.24, 2.45) is 0 Å². The van der Waals surface area contributed by atoms with Gasteiger partial charge in [-0.05, 0) is 62.1 Å². The van der Waals surface area contributed by atoms with Gasteiger partial charge in [-0.25, -0.2) is 0 Å². The van der Waals surface area contributed by atoms with Crippen molar-refractivity contribution in [1.29, 1.82) is 0 Å². The predicted octanol–water partition coefficient (Wildman–Crippen LogP) is 5.48. The average Bonchev–Trinajstić information content (AvgIpc) is 2.73. The molecule has 29 heavy (non-hydrogen) atoms. The maximum absolute atomic E-state index is 5.38. The Kier molecular flexibility index (Phi) is 5.31. The van der Waals surface area contributed by atoms with Gasteiger partial charge >= 0.3 is 6.85 Å². The van der Waals surface area contributed by atoms with Gasteiger partial charge in [-0.3, -0.25) is 0 Å². The number of allylic oxidation sites excluding steroid dienone is 2. The van der Waals surface area contributed by atoms with Gasteiger partial charge < -0.3 is 9.55 Å². The Labute approximate surface area is 174 Å². The Morgan fingerprint density at radius 2 is 1.48 bits per heavy atom. The number of benzene rings is 3. The molecular weight excluding hydrogens is 353 g/mol. The van der Waals surface area contributed by atoms with Crippen LogP contribution in [-0.2, 0) is 0 Å². The molecule has 1 heterocycles. The standard InChI is InChI=1S/C26H26BNO/c1-19-17-20(2)26(21(3)18-19)27-16-8-11-25(22-9-6-5-7-10-22)28(27)23-12-14-24(29-4)15-13-23/h5-18H,1-4H3. The molecule has 0 aromatic heterocycles. The Balaban J connectivity index is 1.88. The number of aryl methyl sites for hydroxylation is 3. The van der Waals surface area contributed by atoms with Crippen LogP contribution in [0.4, 0.5) is 5.69 Å². The fourth-order valence-corrected chi connectivity index (χ4v) is 4.34. The van der Waals surface area contributed by atoms with Gasteiger partial charge in [0.05, 0.1) is 7.11 Å². The highest BCUT2D eigenvalue weighted by Crippen LogP contribution is 2.32. The van der Waals surface area contributed by atoms with Crippen LogP contribution in [-0.4, -0.2) is 14.0 Å². The molecule has 0 unspecified atom stereocenters. The molecule has 1 aliphatic rings. The summed E-state index contributed by atoms with van der Waals surface area (Å²) < 4.78 is 5.38. The molecule has 2 nitrogen and oxygen atoms in total. The van der Waals surface area contributed by atoms with Crippen LogP contribution in [0.3, 0.4) is 0 Å². The van der Waals surface area contributed by atoms with E-state index in [-0.39, 0.29) is 6.85 Å². The largest absolute Gasteiger partial charge is 0.497 e. The maximum Gasteiger partial charge on any atom is 0.321 e. The first-order valence-electron chi connectivity index (χ1n) is 10.0. The number of nitrogens with zero attached hydrogens (tertiary/aromatic N) is 1. The number of rotatable bonds is 4. The third kappa shape index (κ3) is 3.73. The number of ether oxygens (including phenoxy) is 1. The highest BCUT2D eigenvalue weighted by Gasteiger charge is 2.31. The zero-order valence-corrected chi connectivity index (χ0v) is 17.5. The van der Waals surface area contributed by atoms with Crippen molar-refractivity contribution in [3.05, 3.63) is 107 Å². The summed E-state index contributed by atoms with van der Waals surface area (Å²) in [5.41, 5.74) is 8.87. The molecule has 0 saturated heterocycles. The van der Waals surface area contributed by atoms with E-state index in [2.05, 4.69) is 98.3 Å². The van der Waals surface area contributed by atoms with Crippen molar-refractivity contribution in [2.75, 3.05) is 11.9 Å². The number of anilines is 1. The lowest BCUT2D eigenvalue weighted by atomic mass is 9.50. The summed E-state index contributed by atoms with van der Waals surface area (Å²) in [5, 5.41) is 0. The topological polar surface area (TPSA) is 12.5 Å². The highest BCUT2D eigenvalue weighted by atomic mass is 16.5. The van der Waals surface area contributed by atoms with Crippen LogP contribution in [0.15, 0.2) is 84.9 Å². The summed E-state index contributed by atoms with van der Waals surface area (Å²) in [6, 6.07) is 23.5. The lowest BCUT2D eigenvalue weighted by Crippen LogP contribution is -2.49. The second-order valence-corrected chi connectivity index (χ2v) is 7.63. The van der Waals surface area contributed by atoms with Crippen molar-refractivity contribution < 1.29 is 4.74 Å². The first-order chi connectivity index (χ1) is 14.1. The van der Waals surface area contributed by atoms with E-state index < -0.39 is 0 Å².